The molecule has 0 aromatic carbocycles. The van der Waals surface area contributed by atoms with Crippen LogP contribution in [0.3, 0.4) is 0 Å². The van der Waals surface area contributed by atoms with Crippen molar-refractivity contribution in [2.24, 2.45) is 0 Å². The Labute approximate surface area is 184 Å². The largest absolute Gasteiger partial charge is 0.468 e. The van der Waals surface area contributed by atoms with Crippen molar-refractivity contribution < 1.29 is 80.7 Å². The highest BCUT2D eigenvalue weighted by atomic mass is 32.2. The lowest BCUT2D eigenvalue weighted by atomic mass is 10.1. The fraction of sp³-hybridized carbons (Fsp3) is 0.733. The van der Waals surface area contributed by atoms with Gasteiger partial charge in [0.1, 0.15) is 0 Å². The molecule has 19 heteroatoms. The maximum Gasteiger partial charge on any atom is 0.468 e. The lowest BCUT2D eigenvalue weighted by Crippen LogP contribution is -2.58. The SMILES string of the molecule is C=C(C)C(=O)OC(OCCCCC(F)(F)C(F)(F)S(=O)(=O)O)(C(=O)OCC(F)(F)F)C(F)(F)F. The molecule has 0 rings (SSSR count). The second-order valence-corrected chi connectivity index (χ2v) is 7.94. The Kier molecular flexibility index (Phi) is 9.96. The van der Waals surface area contributed by atoms with E-state index in [4.69, 9.17) is 4.55 Å². The van der Waals surface area contributed by atoms with E-state index in [2.05, 4.69) is 20.8 Å². The Morgan fingerprint density at radius 2 is 1.44 bits per heavy atom. The van der Waals surface area contributed by atoms with E-state index in [0.717, 1.165) is 6.92 Å². The molecule has 0 aliphatic carbocycles. The van der Waals surface area contributed by atoms with Gasteiger partial charge < -0.3 is 14.2 Å². The summed E-state index contributed by atoms with van der Waals surface area (Å²) >= 11 is 0. The minimum atomic E-state index is -6.58. The molecule has 34 heavy (non-hydrogen) atoms. The number of hydrogen-bond acceptors (Lipinski definition) is 7. The van der Waals surface area contributed by atoms with Gasteiger partial charge in [0.2, 0.25) is 0 Å². The molecule has 0 saturated carbocycles. The summed E-state index contributed by atoms with van der Waals surface area (Å²) in [4.78, 5) is 23.3. The van der Waals surface area contributed by atoms with Gasteiger partial charge in [0.05, 0.1) is 6.61 Å². The van der Waals surface area contributed by atoms with Crippen molar-refractivity contribution in [3.63, 3.8) is 0 Å². The molecule has 1 atom stereocenters. The van der Waals surface area contributed by atoms with Gasteiger partial charge in [-0.15, -0.1) is 0 Å². The van der Waals surface area contributed by atoms with E-state index < -0.39 is 89.4 Å². The van der Waals surface area contributed by atoms with Crippen LogP contribution in [-0.4, -0.2) is 67.4 Å². The minimum Gasteiger partial charge on any atom is -0.451 e. The zero-order valence-electron chi connectivity index (χ0n) is 16.7. The van der Waals surface area contributed by atoms with Crippen LogP contribution in [-0.2, 0) is 33.9 Å². The first kappa shape index (κ1) is 31.9. The van der Waals surface area contributed by atoms with Gasteiger partial charge in [-0.05, 0) is 19.8 Å². The molecule has 1 N–H and O–H groups in total. The first-order valence-electron chi connectivity index (χ1n) is 8.47. The first-order valence-corrected chi connectivity index (χ1v) is 9.91. The maximum absolute atomic E-state index is 13.5. The van der Waals surface area contributed by atoms with E-state index in [1.54, 1.807) is 0 Å². The van der Waals surface area contributed by atoms with Crippen LogP contribution in [0.5, 0.6) is 0 Å². The maximum atomic E-state index is 13.5. The molecule has 0 radical (unpaired) electrons. The molecular formula is C15H16F10O8S. The molecule has 0 aliphatic rings. The van der Waals surface area contributed by atoms with Crippen LogP contribution in [0.2, 0.25) is 0 Å². The summed E-state index contributed by atoms with van der Waals surface area (Å²) in [5.41, 5.74) is -0.784. The molecular weight excluding hydrogens is 530 g/mol. The number of rotatable bonds is 12. The molecule has 0 heterocycles. The molecule has 1 unspecified atom stereocenters. The average molecular weight is 546 g/mol. The molecule has 0 aromatic rings. The lowest BCUT2D eigenvalue weighted by Gasteiger charge is -2.32. The number of alkyl halides is 10. The number of carbonyl (C=O) groups excluding carboxylic acids is 2. The fourth-order valence-corrected chi connectivity index (χ4v) is 2.32. The van der Waals surface area contributed by atoms with Crippen molar-refractivity contribution in [3.05, 3.63) is 12.2 Å². The number of carbonyl (C=O) groups is 2. The van der Waals surface area contributed by atoms with Crippen molar-refractivity contribution >= 4 is 22.1 Å². The fourth-order valence-electron chi connectivity index (χ4n) is 1.84. The summed E-state index contributed by atoms with van der Waals surface area (Å²) in [7, 11) is -6.58. The summed E-state index contributed by atoms with van der Waals surface area (Å²) in [5.74, 6) is -15.1. The lowest BCUT2D eigenvalue weighted by molar-refractivity contribution is -0.356. The van der Waals surface area contributed by atoms with Crippen LogP contribution in [0.15, 0.2) is 12.2 Å². The highest BCUT2D eigenvalue weighted by Gasteiger charge is 2.68. The average Bonchev–Trinajstić information content (AvgIpc) is 2.61. The van der Waals surface area contributed by atoms with Gasteiger partial charge in [0.25, 0.3) is 0 Å². The second-order valence-electron chi connectivity index (χ2n) is 6.48. The van der Waals surface area contributed by atoms with E-state index in [0.29, 0.717) is 0 Å². The van der Waals surface area contributed by atoms with Gasteiger partial charge in [-0.3, -0.25) is 4.55 Å². The number of esters is 2. The molecule has 0 fully saturated rings. The van der Waals surface area contributed by atoms with Crippen LogP contribution >= 0.6 is 0 Å². The van der Waals surface area contributed by atoms with Gasteiger partial charge in [-0.1, -0.05) is 6.58 Å². The van der Waals surface area contributed by atoms with E-state index in [1.165, 1.54) is 0 Å². The van der Waals surface area contributed by atoms with E-state index in [9.17, 15) is 61.9 Å². The van der Waals surface area contributed by atoms with Crippen LogP contribution in [0.4, 0.5) is 43.9 Å². The Morgan fingerprint density at radius 1 is 0.941 bits per heavy atom. The first-order chi connectivity index (χ1) is 14.9. The molecule has 8 nitrogen and oxygen atoms in total. The Morgan fingerprint density at radius 3 is 1.82 bits per heavy atom. The predicted octanol–water partition coefficient (Wildman–Crippen LogP) is 3.77. The molecule has 0 bridgehead atoms. The Balaban J connectivity index is 5.64. The second kappa shape index (κ2) is 10.6. The third-order valence-electron chi connectivity index (χ3n) is 3.53. The number of ether oxygens (including phenoxy) is 3. The van der Waals surface area contributed by atoms with E-state index in [1.807, 2.05) is 0 Å². The topological polar surface area (TPSA) is 116 Å². The molecule has 0 spiro atoms. The molecule has 0 amide bonds. The minimum absolute atomic E-state index is 0.780. The molecule has 0 aromatic heterocycles. The van der Waals surface area contributed by atoms with Crippen molar-refractivity contribution in [1.29, 1.82) is 0 Å². The van der Waals surface area contributed by atoms with Gasteiger partial charge in [0, 0.05) is 12.0 Å². The molecule has 0 aliphatic heterocycles. The summed E-state index contributed by atoms with van der Waals surface area (Å²) in [6, 6.07) is 0. The summed E-state index contributed by atoms with van der Waals surface area (Å²) < 4.78 is 170. The van der Waals surface area contributed by atoms with Gasteiger partial charge in [-0.2, -0.15) is 52.3 Å². The Hall–Kier alpha value is -2.15. The van der Waals surface area contributed by atoms with Crippen LogP contribution in [0, 0.1) is 0 Å². The van der Waals surface area contributed by atoms with Crippen molar-refractivity contribution in [2.75, 3.05) is 13.2 Å². The zero-order valence-corrected chi connectivity index (χ0v) is 17.6. The van der Waals surface area contributed by atoms with E-state index >= 15 is 0 Å². The zero-order chi connectivity index (χ0) is 27.4. The normalized spacial score (nSPS) is 15.4. The number of hydrogen-bond donors (Lipinski definition) is 1. The van der Waals surface area contributed by atoms with Crippen LogP contribution in [0.25, 0.3) is 0 Å². The van der Waals surface area contributed by atoms with Gasteiger partial charge >= 0.3 is 51.4 Å². The van der Waals surface area contributed by atoms with Crippen LogP contribution in [0.1, 0.15) is 26.2 Å². The monoisotopic (exact) mass is 546 g/mol. The van der Waals surface area contributed by atoms with Gasteiger partial charge in [-0.25, -0.2) is 9.59 Å². The third-order valence-corrected chi connectivity index (χ3v) is 4.48. The smallest absolute Gasteiger partial charge is 0.451 e. The quantitative estimate of drug-likeness (QED) is 0.0983. The highest BCUT2D eigenvalue weighted by Crippen LogP contribution is 2.42. The third kappa shape index (κ3) is 7.97. The van der Waals surface area contributed by atoms with Crippen molar-refractivity contribution in [2.45, 2.75) is 55.5 Å². The number of unbranched alkanes of at least 4 members (excludes halogenated alkanes) is 1. The number of halogens is 10. The van der Waals surface area contributed by atoms with Crippen molar-refractivity contribution in [1.82, 2.24) is 0 Å². The summed E-state index contributed by atoms with van der Waals surface area (Å²) in [5, 5.41) is -5.96. The standard InChI is InChI=1S/C15H16F10O8S/c1-8(2)9(26)33-13(14(21,22)23,10(27)31-7-12(18,19)20)32-6-4-3-5-11(16,17)15(24,25)34(28,29)30/h1,3-7H2,2H3,(H,28,29,30). The molecule has 200 valence electrons. The predicted molar refractivity (Wildman–Crippen MR) is 88.0 cm³/mol. The van der Waals surface area contributed by atoms with Crippen LogP contribution < -0.4 is 0 Å². The molecule has 0 saturated heterocycles. The highest BCUT2D eigenvalue weighted by molar-refractivity contribution is 7.87. The summed E-state index contributed by atoms with van der Waals surface area (Å²) in [6.45, 7) is -0.419. The Bertz CT molecular complexity index is 865. The van der Waals surface area contributed by atoms with Crippen molar-refractivity contribution in [3.8, 4) is 0 Å². The summed E-state index contributed by atoms with van der Waals surface area (Å²) in [6.07, 6.45) is -15.8. The van der Waals surface area contributed by atoms with Gasteiger partial charge in [0.15, 0.2) is 6.61 Å². The van der Waals surface area contributed by atoms with E-state index in [-0.39, 0.29) is 0 Å².